The first-order valence-electron chi connectivity index (χ1n) is 9.66. The van der Waals surface area contributed by atoms with Crippen LogP contribution in [0.15, 0.2) is 53.7 Å². The molecule has 1 unspecified atom stereocenters. The fourth-order valence-electron chi connectivity index (χ4n) is 3.86. The molecule has 1 atom stereocenters. The number of hydrogen-bond donors (Lipinski definition) is 1. The Morgan fingerprint density at radius 2 is 1.86 bits per heavy atom. The lowest BCUT2D eigenvalue weighted by Crippen LogP contribution is -2.47. The van der Waals surface area contributed by atoms with E-state index in [-0.39, 0.29) is 29.4 Å². The van der Waals surface area contributed by atoms with Crippen LogP contribution in [0.3, 0.4) is 0 Å². The highest BCUT2D eigenvalue weighted by molar-refractivity contribution is 6.04. The van der Waals surface area contributed by atoms with E-state index >= 15 is 0 Å². The number of carbonyl (C=O) groups is 1. The zero-order valence-electron chi connectivity index (χ0n) is 15.9. The van der Waals surface area contributed by atoms with Crippen molar-refractivity contribution in [3.8, 4) is 0 Å². The van der Waals surface area contributed by atoms with Gasteiger partial charge in [0, 0.05) is 37.2 Å². The molecule has 0 radical (unpaired) electrons. The number of nitrogens with one attached hydrogen (secondary N) is 1. The molecule has 5 nitrogen and oxygen atoms in total. The number of oxime groups is 1. The zero-order valence-corrected chi connectivity index (χ0v) is 15.9. The van der Waals surface area contributed by atoms with E-state index in [1.807, 2.05) is 0 Å². The molecule has 7 heteroatoms. The van der Waals surface area contributed by atoms with Gasteiger partial charge in [-0.05, 0) is 42.7 Å². The molecule has 0 spiro atoms. The maximum Gasteiger partial charge on any atom is 0.264 e. The van der Waals surface area contributed by atoms with Crippen molar-refractivity contribution in [2.75, 3.05) is 19.8 Å². The fraction of sp³-hybridized carbons (Fsp3) is 0.364. The topological polar surface area (TPSA) is 59.9 Å². The first-order valence-corrected chi connectivity index (χ1v) is 9.66. The number of amides is 1. The van der Waals surface area contributed by atoms with E-state index in [1.165, 1.54) is 24.3 Å². The molecule has 0 saturated carbocycles. The molecule has 1 fully saturated rings. The lowest BCUT2D eigenvalue weighted by Gasteiger charge is -2.38. The molecule has 2 aliphatic heterocycles. The van der Waals surface area contributed by atoms with Crippen LogP contribution in [0.4, 0.5) is 8.78 Å². The van der Waals surface area contributed by atoms with Crippen LogP contribution in [-0.2, 0) is 19.8 Å². The molecule has 1 N–H and O–H groups in total. The number of carbonyl (C=O) groups excluding carboxylic acids is 1. The second kappa shape index (κ2) is 8.29. The third-order valence-corrected chi connectivity index (χ3v) is 5.63. The van der Waals surface area contributed by atoms with E-state index in [2.05, 4.69) is 10.5 Å². The molecule has 2 heterocycles. The van der Waals surface area contributed by atoms with Crippen LogP contribution in [0, 0.1) is 11.6 Å². The minimum atomic E-state index is -0.752. The summed E-state index contributed by atoms with van der Waals surface area (Å²) in [5.74, 6) is -0.923. The van der Waals surface area contributed by atoms with Gasteiger partial charge in [-0.15, -0.1) is 0 Å². The molecule has 1 amide bonds. The molecule has 2 aromatic carbocycles. The van der Waals surface area contributed by atoms with Crippen LogP contribution >= 0.6 is 0 Å². The van der Waals surface area contributed by atoms with E-state index in [9.17, 15) is 13.6 Å². The predicted molar refractivity (Wildman–Crippen MR) is 104 cm³/mol. The van der Waals surface area contributed by atoms with Crippen molar-refractivity contribution < 1.29 is 23.1 Å². The SMILES string of the molecule is O=C(NCC1(c2ccc(F)cc2)CCOCC1)C1CC(c2cccc(F)c2)=NO1. The number of ether oxygens (including phenoxy) is 1. The largest absolute Gasteiger partial charge is 0.382 e. The van der Waals surface area contributed by atoms with Gasteiger partial charge in [-0.3, -0.25) is 4.79 Å². The highest BCUT2D eigenvalue weighted by Gasteiger charge is 2.36. The number of benzene rings is 2. The summed E-state index contributed by atoms with van der Waals surface area (Å²) < 4.78 is 32.3. The molecule has 4 rings (SSSR count). The minimum absolute atomic E-state index is 0.270. The second-order valence-corrected chi connectivity index (χ2v) is 7.46. The number of halogens is 2. The Bertz CT molecular complexity index is 909. The van der Waals surface area contributed by atoms with Crippen molar-refractivity contribution in [1.29, 1.82) is 0 Å². The number of rotatable bonds is 5. The van der Waals surface area contributed by atoms with Crippen molar-refractivity contribution in [1.82, 2.24) is 5.32 Å². The van der Waals surface area contributed by atoms with Crippen LogP contribution < -0.4 is 5.32 Å². The maximum absolute atomic E-state index is 13.4. The van der Waals surface area contributed by atoms with Gasteiger partial charge < -0.3 is 14.9 Å². The molecule has 0 aromatic heterocycles. The monoisotopic (exact) mass is 400 g/mol. The normalized spacial score (nSPS) is 20.6. The summed E-state index contributed by atoms with van der Waals surface area (Å²) in [6.45, 7) is 1.57. The number of hydrogen-bond acceptors (Lipinski definition) is 4. The summed E-state index contributed by atoms with van der Waals surface area (Å²) in [5, 5.41) is 6.93. The molecular formula is C22H22F2N2O3. The summed E-state index contributed by atoms with van der Waals surface area (Å²) in [6.07, 6.45) is 0.991. The van der Waals surface area contributed by atoms with E-state index in [0.717, 1.165) is 18.4 Å². The van der Waals surface area contributed by atoms with Crippen molar-refractivity contribution in [3.63, 3.8) is 0 Å². The minimum Gasteiger partial charge on any atom is -0.382 e. The Morgan fingerprint density at radius 3 is 2.59 bits per heavy atom. The average molecular weight is 400 g/mol. The van der Waals surface area contributed by atoms with Crippen molar-refractivity contribution in [3.05, 3.63) is 71.3 Å². The van der Waals surface area contributed by atoms with E-state index in [0.29, 0.717) is 31.0 Å². The first-order chi connectivity index (χ1) is 14.1. The second-order valence-electron chi connectivity index (χ2n) is 7.46. The Labute approximate surface area is 167 Å². The lowest BCUT2D eigenvalue weighted by atomic mass is 9.74. The van der Waals surface area contributed by atoms with E-state index in [1.54, 1.807) is 24.3 Å². The summed E-state index contributed by atoms with van der Waals surface area (Å²) >= 11 is 0. The highest BCUT2D eigenvalue weighted by atomic mass is 19.1. The third kappa shape index (κ3) is 4.29. The molecule has 29 heavy (non-hydrogen) atoms. The molecule has 0 bridgehead atoms. The lowest BCUT2D eigenvalue weighted by molar-refractivity contribution is -0.131. The predicted octanol–water partition coefficient (Wildman–Crippen LogP) is 3.32. The Kier molecular flexibility index (Phi) is 5.58. The van der Waals surface area contributed by atoms with Gasteiger partial charge in [0.15, 0.2) is 0 Å². The maximum atomic E-state index is 13.4. The van der Waals surface area contributed by atoms with Gasteiger partial charge in [0.1, 0.15) is 11.6 Å². The van der Waals surface area contributed by atoms with E-state index in [4.69, 9.17) is 9.57 Å². The number of nitrogens with zero attached hydrogens (tertiary/aromatic N) is 1. The van der Waals surface area contributed by atoms with Gasteiger partial charge in [-0.2, -0.15) is 0 Å². The Balaban J connectivity index is 1.41. The van der Waals surface area contributed by atoms with Crippen molar-refractivity contribution in [2.45, 2.75) is 30.8 Å². The molecule has 2 aromatic rings. The van der Waals surface area contributed by atoms with Crippen molar-refractivity contribution in [2.24, 2.45) is 5.16 Å². The van der Waals surface area contributed by atoms with Crippen LogP contribution in [0.5, 0.6) is 0 Å². The summed E-state index contributed by atoms with van der Waals surface area (Å²) in [4.78, 5) is 18.0. The zero-order chi connectivity index (χ0) is 20.3. The van der Waals surface area contributed by atoms with Crippen molar-refractivity contribution >= 4 is 11.6 Å². The van der Waals surface area contributed by atoms with Crippen LogP contribution in [0.25, 0.3) is 0 Å². The molecule has 152 valence electrons. The van der Waals surface area contributed by atoms with Gasteiger partial charge in [0.2, 0.25) is 6.10 Å². The van der Waals surface area contributed by atoms with Gasteiger partial charge in [0.05, 0.1) is 5.71 Å². The van der Waals surface area contributed by atoms with Gasteiger partial charge in [0.25, 0.3) is 5.91 Å². The molecular weight excluding hydrogens is 378 g/mol. The van der Waals surface area contributed by atoms with Crippen LogP contribution in [-0.4, -0.2) is 37.5 Å². The van der Waals surface area contributed by atoms with E-state index < -0.39 is 6.10 Å². The fourth-order valence-corrected chi connectivity index (χ4v) is 3.86. The molecule has 1 saturated heterocycles. The van der Waals surface area contributed by atoms with Crippen LogP contribution in [0.2, 0.25) is 0 Å². The quantitative estimate of drug-likeness (QED) is 0.838. The van der Waals surface area contributed by atoms with Crippen LogP contribution in [0.1, 0.15) is 30.4 Å². The standard InChI is InChI=1S/C22H22F2N2O3/c23-17-6-4-16(5-7-17)22(8-10-28-11-9-22)14-25-21(27)20-13-19(26-29-20)15-2-1-3-18(24)12-15/h1-7,12,20H,8-11,13-14H2,(H,25,27). The molecule has 0 aliphatic carbocycles. The summed E-state index contributed by atoms with van der Waals surface area (Å²) in [5.41, 5.74) is 1.81. The van der Waals surface area contributed by atoms with Gasteiger partial charge in [-0.25, -0.2) is 8.78 Å². The molecule has 2 aliphatic rings. The smallest absolute Gasteiger partial charge is 0.264 e. The summed E-state index contributed by atoms with van der Waals surface area (Å²) in [7, 11) is 0. The Morgan fingerprint density at radius 1 is 1.10 bits per heavy atom. The van der Waals surface area contributed by atoms with Gasteiger partial charge >= 0.3 is 0 Å². The highest BCUT2D eigenvalue weighted by Crippen LogP contribution is 2.34. The first kappa shape index (κ1) is 19.5. The summed E-state index contributed by atoms with van der Waals surface area (Å²) in [6, 6.07) is 12.5. The average Bonchev–Trinajstić information content (AvgIpc) is 3.24. The van der Waals surface area contributed by atoms with Gasteiger partial charge in [-0.1, -0.05) is 29.4 Å². The third-order valence-electron chi connectivity index (χ3n) is 5.63. The Hall–Kier alpha value is -2.80.